The van der Waals surface area contributed by atoms with Crippen LogP contribution >= 0.6 is 0 Å². The molecule has 1 fully saturated rings. The van der Waals surface area contributed by atoms with Gasteiger partial charge in [0, 0.05) is 30.4 Å². The molecule has 0 saturated heterocycles. The summed E-state index contributed by atoms with van der Waals surface area (Å²) >= 11 is 0. The van der Waals surface area contributed by atoms with Crippen LogP contribution < -0.4 is 14.8 Å². The fourth-order valence-corrected chi connectivity index (χ4v) is 4.43. The number of hydrogen-bond acceptors (Lipinski definition) is 5. The van der Waals surface area contributed by atoms with Gasteiger partial charge in [-0.15, -0.1) is 0 Å². The first-order valence-electron chi connectivity index (χ1n) is 10.4. The molecular weight excluding hydrogens is 426 g/mol. The highest BCUT2D eigenvalue weighted by Crippen LogP contribution is 2.25. The number of amides is 1. The Bertz CT molecular complexity index is 1240. The molecule has 1 aliphatic rings. The van der Waals surface area contributed by atoms with Crippen LogP contribution in [0.2, 0.25) is 0 Å². The van der Waals surface area contributed by atoms with Gasteiger partial charge in [-0.2, -0.15) is 0 Å². The Kier molecular flexibility index (Phi) is 6.25. The summed E-state index contributed by atoms with van der Waals surface area (Å²) in [7, 11) is -3.61. The molecule has 1 amide bonds. The third-order valence-corrected chi connectivity index (χ3v) is 6.63. The summed E-state index contributed by atoms with van der Waals surface area (Å²) in [5.74, 6) is 0.864. The number of nitrogens with zero attached hydrogens (tertiary/aromatic N) is 1. The molecule has 32 heavy (non-hydrogen) atoms. The van der Waals surface area contributed by atoms with Gasteiger partial charge in [0.05, 0.1) is 4.90 Å². The molecule has 1 saturated carbocycles. The lowest BCUT2D eigenvalue weighted by atomic mass is 10.1. The molecule has 0 bridgehead atoms. The SMILES string of the molecule is Cc1ccc(C)c(Oc2ccc(CNC(=O)c3cccc(S(=O)(=O)NC4CC4)c3)cn2)c1. The zero-order valence-corrected chi connectivity index (χ0v) is 18.8. The summed E-state index contributed by atoms with van der Waals surface area (Å²) in [4.78, 5) is 16.9. The minimum absolute atomic E-state index is 0.00626. The fourth-order valence-electron chi connectivity index (χ4n) is 3.08. The van der Waals surface area contributed by atoms with Gasteiger partial charge in [-0.1, -0.05) is 24.3 Å². The standard InChI is InChI=1S/C24H25N3O4S/c1-16-6-7-17(2)22(12-16)31-23-11-8-18(14-25-23)15-26-24(28)19-4-3-5-21(13-19)32(29,30)27-20-9-10-20/h3-8,11-14,20,27H,9-10,15H2,1-2H3,(H,26,28). The van der Waals surface area contributed by atoms with Crippen molar-refractivity contribution >= 4 is 15.9 Å². The van der Waals surface area contributed by atoms with E-state index in [1.165, 1.54) is 12.1 Å². The second-order valence-electron chi connectivity index (χ2n) is 7.98. The lowest BCUT2D eigenvalue weighted by Gasteiger charge is -2.10. The molecule has 7 nitrogen and oxygen atoms in total. The van der Waals surface area contributed by atoms with E-state index in [1.807, 2.05) is 38.1 Å². The normalized spacial score (nSPS) is 13.6. The number of pyridine rings is 1. The number of nitrogens with one attached hydrogen (secondary N) is 2. The minimum atomic E-state index is -3.61. The number of carbonyl (C=O) groups is 1. The second-order valence-corrected chi connectivity index (χ2v) is 9.70. The Morgan fingerprint density at radius 1 is 1.09 bits per heavy atom. The van der Waals surface area contributed by atoms with Crippen molar-refractivity contribution in [3.63, 3.8) is 0 Å². The maximum Gasteiger partial charge on any atom is 0.251 e. The van der Waals surface area contributed by atoms with Crippen LogP contribution in [0.1, 0.15) is 39.9 Å². The van der Waals surface area contributed by atoms with Crippen LogP contribution in [-0.2, 0) is 16.6 Å². The van der Waals surface area contributed by atoms with Crippen molar-refractivity contribution in [3.05, 3.63) is 83.0 Å². The number of rotatable bonds is 8. The molecule has 1 heterocycles. The van der Waals surface area contributed by atoms with Crippen molar-refractivity contribution in [1.82, 2.24) is 15.0 Å². The fraction of sp³-hybridized carbons (Fsp3) is 0.250. The number of hydrogen-bond donors (Lipinski definition) is 2. The first kappa shape index (κ1) is 22.0. The molecule has 0 aliphatic heterocycles. The van der Waals surface area contributed by atoms with E-state index in [0.29, 0.717) is 5.88 Å². The molecule has 2 N–H and O–H groups in total. The predicted molar refractivity (Wildman–Crippen MR) is 121 cm³/mol. The molecule has 2 aromatic carbocycles. The maximum atomic E-state index is 12.5. The second kappa shape index (κ2) is 9.10. The summed E-state index contributed by atoms with van der Waals surface area (Å²) in [6, 6.07) is 15.6. The predicted octanol–water partition coefficient (Wildman–Crippen LogP) is 3.86. The van der Waals surface area contributed by atoms with Gasteiger partial charge in [-0.05, 0) is 67.6 Å². The number of benzene rings is 2. The topological polar surface area (TPSA) is 97.4 Å². The van der Waals surface area contributed by atoms with Gasteiger partial charge in [-0.3, -0.25) is 4.79 Å². The first-order chi connectivity index (χ1) is 15.3. The highest BCUT2D eigenvalue weighted by molar-refractivity contribution is 7.89. The lowest BCUT2D eigenvalue weighted by Crippen LogP contribution is -2.27. The van der Waals surface area contributed by atoms with Crippen molar-refractivity contribution in [2.24, 2.45) is 0 Å². The molecular formula is C24H25N3O4S. The third kappa shape index (κ3) is 5.52. The van der Waals surface area contributed by atoms with Crippen LogP contribution in [0.5, 0.6) is 11.6 Å². The minimum Gasteiger partial charge on any atom is -0.439 e. The quantitative estimate of drug-likeness (QED) is 0.542. The average Bonchev–Trinajstić information content (AvgIpc) is 3.59. The van der Waals surface area contributed by atoms with Crippen LogP contribution in [0.15, 0.2) is 65.7 Å². The first-order valence-corrected chi connectivity index (χ1v) is 11.9. The highest BCUT2D eigenvalue weighted by atomic mass is 32.2. The summed E-state index contributed by atoms with van der Waals surface area (Å²) in [6.45, 7) is 4.23. The highest BCUT2D eigenvalue weighted by Gasteiger charge is 2.28. The largest absolute Gasteiger partial charge is 0.439 e. The van der Waals surface area contributed by atoms with Crippen molar-refractivity contribution in [2.75, 3.05) is 0 Å². The van der Waals surface area contributed by atoms with Gasteiger partial charge in [0.15, 0.2) is 0 Å². The molecule has 3 aromatic rings. The number of ether oxygens (including phenoxy) is 1. The molecule has 0 atom stereocenters. The summed E-state index contributed by atoms with van der Waals surface area (Å²) < 4.78 is 33.2. The van der Waals surface area contributed by atoms with Gasteiger partial charge >= 0.3 is 0 Å². The number of sulfonamides is 1. The molecule has 1 aliphatic carbocycles. The lowest BCUT2D eigenvalue weighted by molar-refractivity contribution is 0.0950. The molecule has 0 spiro atoms. The zero-order chi connectivity index (χ0) is 22.7. The van der Waals surface area contributed by atoms with E-state index >= 15 is 0 Å². The van der Waals surface area contributed by atoms with E-state index < -0.39 is 10.0 Å². The van der Waals surface area contributed by atoms with Crippen LogP contribution in [0, 0.1) is 13.8 Å². The van der Waals surface area contributed by atoms with Gasteiger partial charge in [0.2, 0.25) is 15.9 Å². The Labute approximate surface area is 187 Å². The third-order valence-electron chi connectivity index (χ3n) is 5.11. The summed E-state index contributed by atoms with van der Waals surface area (Å²) in [5, 5.41) is 2.80. The van der Waals surface area contributed by atoms with Gasteiger partial charge in [-0.25, -0.2) is 18.1 Å². The molecule has 166 valence electrons. The summed E-state index contributed by atoms with van der Waals surface area (Å²) in [6.07, 6.45) is 3.34. The van der Waals surface area contributed by atoms with Crippen molar-refractivity contribution in [3.8, 4) is 11.6 Å². The Morgan fingerprint density at radius 2 is 1.91 bits per heavy atom. The monoisotopic (exact) mass is 451 g/mol. The van der Waals surface area contributed by atoms with E-state index in [-0.39, 0.29) is 29.0 Å². The van der Waals surface area contributed by atoms with Crippen LogP contribution in [0.3, 0.4) is 0 Å². The molecule has 1 aromatic heterocycles. The molecule has 0 unspecified atom stereocenters. The van der Waals surface area contributed by atoms with Crippen LogP contribution in [0.25, 0.3) is 0 Å². The summed E-state index contributed by atoms with van der Waals surface area (Å²) in [5.41, 5.74) is 3.20. The van der Waals surface area contributed by atoms with E-state index in [9.17, 15) is 13.2 Å². The van der Waals surface area contributed by atoms with Crippen molar-refractivity contribution in [2.45, 2.75) is 44.2 Å². The van der Waals surface area contributed by atoms with Gasteiger partial charge in [0.1, 0.15) is 5.75 Å². The van der Waals surface area contributed by atoms with Crippen LogP contribution in [0.4, 0.5) is 0 Å². The molecule has 4 rings (SSSR count). The molecule has 8 heteroatoms. The number of aromatic nitrogens is 1. The Balaban J connectivity index is 1.37. The van der Waals surface area contributed by atoms with E-state index in [0.717, 1.165) is 35.3 Å². The van der Waals surface area contributed by atoms with Crippen LogP contribution in [-0.4, -0.2) is 25.4 Å². The maximum absolute atomic E-state index is 12.5. The Morgan fingerprint density at radius 3 is 2.62 bits per heavy atom. The van der Waals surface area contributed by atoms with Gasteiger partial charge < -0.3 is 10.1 Å². The molecule has 0 radical (unpaired) electrons. The van der Waals surface area contributed by atoms with Crippen molar-refractivity contribution < 1.29 is 17.9 Å². The zero-order valence-electron chi connectivity index (χ0n) is 18.0. The number of carbonyl (C=O) groups excluding carboxylic acids is 1. The van der Waals surface area contributed by atoms with E-state index in [4.69, 9.17) is 4.74 Å². The average molecular weight is 452 g/mol. The van der Waals surface area contributed by atoms with E-state index in [1.54, 1.807) is 24.4 Å². The van der Waals surface area contributed by atoms with Crippen molar-refractivity contribution in [1.29, 1.82) is 0 Å². The van der Waals surface area contributed by atoms with Gasteiger partial charge in [0.25, 0.3) is 5.91 Å². The number of aryl methyl sites for hydroxylation is 2. The Hall–Kier alpha value is -3.23. The smallest absolute Gasteiger partial charge is 0.251 e. The van der Waals surface area contributed by atoms with E-state index in [2.05, 4.69) is 15.0 Å².